The number of nitrogen functional groups attached to an aromatic ring is 1. The van der Waals surface area contributed by atoms with Gasteiger partial charge in [0.1, 0.15) is 18.6 Å². The van der Waals surface area contributed by atoms with Gasteiger partial charge in [-0.1, -0.05) is 5.16 Å². The number of hydrogen-bond acceptors (Lipinski definition) is 6. The second-order valence-electron chi connectivity index (χ2n) is 8.90. The Morgan fingerprint density at radius 1 is 1.16 bits per heavy atom. The normalized spacial score (nSPS) is 19.3. The van der Waals surface area contributed by atoms with E-state index in [2.05, 4.69) is 30.6 Å². The van der Waals surface area contributed by atoms with Crippen LogP contribution in [0.2, 0.25) is 0 Å². The van der Waals surface area contributed by atoms with Gasteiger partial charge in [-0.05, 0) is 68.6 Å². The van der Waals surface area contributed by atoms with Gasteiger partial charge in [0.25, 0.3) is 0 Å². The molecule has 8 heteroatoms. The summed E-state index contributed by atoms with van der Waals surface area (Å²) in [6.45, 7) is 4.31. The number of nitrogens with zero attached hydrogens (tertiary/aromatic N) is 5. The molecule has 0 radical (unpaired) electrons. The molecule has 2 aromatic heterocycles. The summed E-state index contributed by atoms with van der Waals surface area (Å²) in [5, 5.41) is 4.33. The molecule has 4 rings (SSSR count). The molecular weight excluding hydrogens is 404 g/mol. The van der Waals surface area contributed by atoms with Crippen LogP contribution in [0.5, 0.6) is 0 Å². The molecule has 2 N–H and O–H groups in total. The highest BCUT2D eigenvalue weighted by atomic mass is 16.6. The summed E-state index contributed by atoms with van der Waals surface area (Å²) in [5.41, 5.74) is 9.04. The van der Waals surface area contributed by atoms with Gasteiger partial charge in [0.2, 0.25) is 5.91 Å². The van der Waals surface area contributed by atoms with Crippen LogP contribution in [-0.2, 0) is 23.2 Å². The van der Waals surface area contributed by atoms with Crippen molar-refractivity contribution in [3.63, 3.8) is 0 Å². The highest BCUT2D eigenvalue weighted by Crippen LogP contribution is 2.27. The molecule has 0 spiro atoms. The number of rotatable bonds is 6. The fourth-order valence-electron chi connectivity index (χ4n) is 4.98. The number of likely N-dealkylation sites (tertiary alicyclic amines) is 2. The molecule has 2 aliphatic heterocycles. The van der Waals surface area contributed by atoms with Gasteiger partial charge in [0.05, 0.1) is 5.69 Å². The molecule has 0 aromatic carbocycles. The van der Waals surface area contributed by atoms with Crippen LogP contribution in [0.15, 0.2) is 41.8 Å². The lowest BCUT2D eigenvalue weighted by Crippen LogP contribution is -2.46. The summed E-state index contributed by atoms with van der Waals surface area (Å²) in [7, 11) is 3.62. The Balaban J connectivity index is 1.27. The number of nitrogens with two attached hydrogens (primary N) is 1. The van der Waals surface area contributed by atoms with Crippen LogP contribution in [-0.4, -0.2) is 64.3 Å². The van der Waals surface area contributed by atoms with Gasteiger partial charge in [-0.2, -0.15) is 0 Å². The zero-order valence-electron chi connectivity index (χ0n) is 19.1. The maximum atomic E-state index is 13.2. The molecule has 0 atom stereocenters. The first-order valence-corrected chi connectivity index (χ1v) is 11.5. The maximum absolute atomic E-state index is 13.2. The Kier molecular flexibility index (Phi) is 7.09. The van der Waals surface area contributed by atoms with Crippen molar-refractivity contribution in [2.45, 2.75) is 32.2 Å². The second kappa shape index (κ2) is 10.2. The van der Waals surface area contributed by atoms with Gasteiger partial charge in [0.15, 0.2) is 0 Å². The number of anilines is 1. The van der Waals surface area contributed by atoms with E-state index in [1.54, 1.807) is 13.3 Å². The standard InChI is InChI=1S/C24H34N6O2/c1-28-11-3-4-21(28)23(27-32-2)19-8-14-30(15-9-19)24(31)20-6-12-29(13-7-20)17-18-5-10-26-22(25)16-18/h3-5,10-11,16,19-20H,6-9,12-15,17H2,1-2H3,(H2,25,26)/b27-23-. The zero-order valence-corrected chi connectivity index (χ0v) is 19.1. The molecule has 2 saturated heterocycles. The molecule has 2 aliphatic rings. The van der Waals surface area contributed by atoms with Gasteiger partial charge >= 0.3 is 0 Å². The Bertz CT molecular complexity index is 939. The number of aromatic nitrogens is 2. The van der Waals surface area contributed by atoms with E-state index in [4.69, 9.17) is 10.6 Å². The summed E-state index contributed by atoms with van der Waals surface area (Å²) in [5.74, 6) is 1.31. The predicted octanol–water partition coefficient (Wildman–Crippen LogP) is 2.50. The van der Waals surface area contributed by atoms with Crippen molar-refractivity contribution in [1.82, 2.24) is 19.4 Å². The Morgan fingerprint density at radius 2 is 1.88 bits per heavy atom. The third kappa shape index (κ3) is 5.12. The highest BCUT2D eigenvalue weighted by Gasteiger charge is 2.33. The van der Waals surface area contributed by atoms with Crippen LogP contribution in [0.25, 0.3) is 0 Å². The van der Waals surface area contributed by atoms with Crippen molar-refractivity contribution >= 4 is 17.4 Å². The predicted molar refractivity (Wildman–Crippen MR) is 125 cm³/mol. The summed E-state index contributed by atoms with van der Waals surface area (Å²) < 4.78 is 2.07. The summed E-state index contributed by atoms with van der Waals surface area (Å²) >= 11 is 0. The smallest absolute Gasteiger partial charge is 0.225 e. The Morgan fingerprint density at radius 3 is 2.50 bits per heavy atom. The van der Waals surface area contributed by atoms with Crippen molar-refractivity contribution < 1.29 is 9.63 Å². The molecule has 2 fully saturated rings. The lowest BCUT2D eigenvalue weighted by molar-refractivity contribution is -0.138. The Hall–Kier alpha value is -2.87. The lowest BCUT2D eigenvalue weighted by Gasteiger charge is -2.37. The fraction of sp³-hybridized carbons (Fsp3) is 0.542. The van der Waals surface area contributed by atoms with E-state index in [9.17, 15) is 4.79 Å². The summed E-state index contributed by atoms with van der Waals surface area (Å²) in [6, 6.07) is 8.03. The topological polar surface area (TPSA) is 89.0 Å². The van der Waals surface area contributed by atoms with E-state index in [0.717, 1.165) is 69.8 Å². The average Bonchev–Trinajstić information content (AvgIpc) is 3.23. The number of carbonyl (C=O) groups is 1. The first-order chi connectivity index (χ1) is 15.5. The molecule has 0 aliphatic carbocycles. The first-order valence-electron chi connectivity index (χ1n) is 11.5. The molecule has 1 amide bonds. The van der Waals surface area contributed by atoms with Gasteiger partial charge < -0.3 is 20.0 Å². The van der Waals surface area contributed by atoms with Crippen LogP contribution >= 0.6 is 0 Å². The Labute approximate surface area is 190 Å². The van der Waals surface area contributed by atoms with Crippen molar-refractivity contribution in [3.05, 3.63) is 47.9 Å². The molecule has 172 valence electrons. The van der Waals surface area contributed by atoms with Gasteiger partial charge in [-0.15, -0.1) is 0 Å². The SMILES string of the molecule is CO/N=C(\c1cccn1C)C1CCN(C(=O)C2CCN(Cc3ccnc(N)c3)CC2)CC1. The van der Waals surface area contributed by atoms with E-state index in [0.29, 0.717) is 17.6 Å². The first kappa shape index (κ1) is 22.3. The lowest BCUT2D eigenvalue weighted by atomic mass is 9.88. The van der Waals surface area contributed by atoms with Crippen LogP contribution < -0.4 is 5.73 Å². The molecule has 0 unspecified atom stereocenters. The minimum absolute atomic E-state index is 0.130. The number of hydrogen-bond donors (Lipinski definition) is 1. The van der Waals surface area contributed by atoms with Crippen LogP contribution in [0.1, 0.15) is 36.9 Å². The number of oxime groups is 1. The van der Waals surface area contributed by atoms with E-state index in [1.807, 2.05) is 31.4 Å². The molecule has 32 heavy (non-hydrogen) atoms. The van der Waals surface area contributed by atoms with E-state index < -0.39 is 0 Å². The third-order valence-electron chi connectivity index (χ3n) is 6.78. The van der Waals surface area contributed by atoms with Gasteiger partial charge in [-0.3, -0.25) is 9.69 Å². The minimum Gasteiger partial charge on any atom is -0.399 e. The monoisotopic (exact) mass is 438 g/mol. The average molecular weight is 439 g/mol. The van der Waals surface area contributed by atoms with E-state index in [-0.39, 0.29) is 5.92 Å². The van der Waals surface area contributed by atoms with Crippen molar-refractivity contribution in [3.8, 4) is 0 Å². The molecule has 4 heterocycles. The quantitative estimate of drug-likeness (QED) is 0.553. The summed E-state index contributed by atoms with van der Waals surface area (Å²) in [4.78, 5) is 26.8. The molecular formula is C24H34N6O2. The molecule has 0 saturated carbocycles. The van der Waals surface area contributed by atoms with Crippen molar-refractivity contribution in [1.29, 1.82) is 0 Å². The number of pyridine rings is 1. The maximum Gasteiger partial charge on any atom is 0.225 e. The largest absolute Gasteiger partial charge is 0.399 e. The van der Waals surface area contributed by atoms with E-state index >= 15 is 0 Å². The number of amides is 1. The van der Waals surface area contributed by atoms with Crippen LogP contribution in [0, 0.1) is 11.8 Å². The van der Waals surface area contributed by atoms with Crippen molar-refractivity contribution in [2.75, 3.05) is 39.0 Å². The molecule has 0 bridgehead atoms. The molecule has 2 aromatic rings. The fourth-order valence-corrected chi connectivity index (χ4v) is 4.98. The zero-order chi connectivity index (χ0) is 22.5. The van der Waals surface area contributed by atoms with Gasteiger partial charge in [-0.25, -0.2) is 4.98 Å². The molecule has 8 nitrogen and oxygen atoms in total. The van der Waals surface area contributed by atoms with Gasteiger partial charge in [0, 0.05) is 50.9 Å². The number of carbonyl (C=O) groups excluding carboxylic acids is 1. The highest BCUT2D eigenvalue weighted by molar-refractivity contribution is 6.00. The number of piperidine rings is 2. The minimum atomic E-state index is 0.130. The van der Waals surface area contributed by atoms with Crippen LogP contribution in [0.4, 0.5) is 5.82 Å². The van der Waals surface area contributed by atoms with E-state index in [1.165, 1.54) is 5.56 Å². The third-order valence-corrected chi connectivity index (χ3v) is 6.78. The van der Waals surface area contributed by atoms with Crippen molar-refractivity contribution in [2.24, 2.45) is 24.0 Å². The van der Waals surface area contributed by atoms with Crippen LogP contribution in [0.3, 0.4) is 0 Å². The second-order valence-corrected chi connectivity index (χ2v) is 8.90. The number of aryl methyl sites for hydroxylation is 1. The summed E-state index contributed by atoms with van der Waals surface area (Å²) in [6.07, 6.45) is 7.45.